The van der Waals surface area contributed by atoms with Gasteiger partial charge in [0.15, 0.2) is 5.96 Å². The number of aliphatic imine (C=N–C) groups is 1. The number of non-ortho nitro benzene ring substituents is 1. The van der Waals surface area contributed by atoms with Crippen LogP contribution in [0.25, 0.3) is 0 Å². The summed E-state index contributed by atoms with van der Waals surface area (Å²) < 4.78 is 1.79. The van der Waals surface area contributed by atoms with Gasteiger partial charge >= 0.3 is 0 Å². The number of aromatic nitrogens is 2. The highest BCUT2D eigenvalue weighted by atomic mass is 16.6. The molecule has 1 aromatic heterocycles. The van der Waals surface area contributed by atoms with Gasteiger partial charge in [-0.1, -0.05) is 12.1 Å². The van der Waals surface area contributed by atoms with Crippen LogP contribution in [0.5, 0.6) is 0 Å². The number of hydrogen-bond donors (Lipinski definition) is 2. The number of aryl methyl sites for hydroxylation is 1. The number of benzene rings is 1. The fourth-order valence-corrected chi connectivity index (χ4v) is 2.03. The Kier molecular flexibility index (Phi) is 5.67. The summed E-state index contributed by atoms with van der Waals surface area (Å²) in [6.45, 7) is 3.67. The largest absolute Gasteiger partial charge is 0.357 e. The first-order valence-corrected chi connectivity index (χ1v) is 7.32. The molecule has 0 atom stereocenters. The van der Waals surface area contributed by atoms with Gasteiger partial charge in [-0.2, -0.15) is 5.10 Å². The maximum Gasteiger partial charge on any atom is 0.269 e. The van der Waals surface area contributed by atoms with Crippen LogP contribution in [-0.4, -0.2) is 27.2 Å². The van der Waals surface area contributed by atoms with Gasteiger partial charge in [0.25, 0.3) is 5.69 Å². The number of nitrogens with zero attached hydrogens (tertiary/aromatic N) is 4. The van der Waals surface area contributed by atoms with E-state index >= 15 is 0 Å². The average molecular weight is 316 g/mol. The monoisotopic (exact) mass is 316 g/mol. The second-order valence-corrected chi connectivity index (χ2v) is 4.92. The molecule has 0 fully saturated rings. The lowest BCUT2D eigenvalue weighted by Crippen LogP contribution is -2.37. The quantitative estimate of drug-likeness (QED) is 0.365. The normalized spacial score (nSPS) is 11.3. The van der Waals surface area contributed by atoms with Crippen LogP contribution in [0.3, 0.4) is 0 Å². The Labute approximate surface area is 134 Å². The molecule has 23 heavy (non-hydrogen) atoms. The fraction of sp³-hybridized carbons (Fsp3) is 0.333. The van der Waals surface area contributed by atoms with E-state index in [0.717, 1.165) is 17.8 Å². The molecule has 2 aromatic rings. The molecular formula is C15H20N6O2. The van der Waals surface area contributed by atoms with Crippen molar-refractivity contribution in [3.63, 3.8) is 0 Å². The van der Waals surface area contributed by atoms with Crippen LogP contribution < -0.4 is 10.6 Å². The number of nitrogens with one attached hydrogen (secondary N) is 2. The van der Waals surface area contributed by atoms with Crippen molar-refractivity contribution >= 4 is 11.6 Å². The van der Waals surface area contributed by atoms with Crippen LogP contribution in [0.15, 0.2) is 41.5 Å². The van der Waals surface area contributed by atoms with Crippen molar-refractivity contribution in [3.05, 3.63) is 57.9 Å². The highest BCUT2D eigenvalue weighted by Crippen LogP contribution is 2.13. The van der Waals surface area contributed by atoms with Gasteiger partial charge in [-0.15, -0.1) is 0 Å². The first-order chi connectivity index (χ1) is 11.1. The molecule has 0 aliphatic heterocycles. The second kappa shape index (κ2) is 7.92. The van der Waals surface area contributed by atoms with Gasteiger partial charge in [0.2, 0.25) is 0 Å². The molecule has 0 saturated heterocycles. The van der Waals surface area contributed by atoms with Crippen LogP contribution in [-0.2, 0) is 20.1 Å². The first-order valence-electron chi connectivity index (χ1n) is 7.32. The summed E-state index contributed by atoms with van der Waals surface area (Å²) in [6.07, 6.45) is 1.74. The van der Waals surface area contributed by atoms with E-state index < -0.39 is 4.92 Å². The number of guanidine groups is 1. The number of hydrogen-bond acceptors (Lipinski definition) is 4. The van der Waals surface area contributed by atoms with E-state index in [1.54, 1.807) is 16.9 Å². The van der Waals surface area contributed by atoms with Crippen LogP contribution in [0.4, 0.5) is 5.69 Å². The Morgan fingerprint density at radius 3 is 2.87 bits per heavy atom. The van der Waals surface area contributed by atoms with Crippen molar-refractivity contribution in [2.75, 3.05) is 6.54 Å². The SMILES string of the molecule is CCNC(=NCc1cccc([N+](=O)[O-])c1)NCc1ccnn1C. The van der Waals surface area contributed by atoms with Gasteiger partial charge in [-0.25, -0.2) is 4.99 Å². The van der Waals surface area contributed by atoms with Crippen LogP contribution >= 0.6 is 0 Å². The fourth-order valence-electron chi connectivity index (χ4n) is 2.03. The molecule has 0 amide bonds. The zero-order chi connectivity index (χ0) is 16.7. The van der Waals surface area contributed by atoms with Gasteiger partial charge in [0, 0.05) is 31.9 Å². The average Bonchev–Trinajstić information content (AvgIpc) is 2.95. The molecular weight excluding hydrogens is 296 g/mol. The zero-order valence-electron chi connectivity index (χ0n) is 13.2. The molecule has 0 spiro atoms. The van der Waals surface area contributed by atoms with E-state index in [-0.39, 0.29) is 5.69 Å². The number of nitro benzene ring substituents is 1. The van der Waals surface area contributed by atoms with E-state index in [2.05, 4.69) is 20.7 Å². The lowest BCUT2D eigenvalue weighted by Gasteiger charge is -2.11. The van der Waals surface area contributed by atoms with Crippen molar-refractivity contribution in [3.8, 4) is 0 Å². The van der Waals surface area contributed by atoms with E-state index in [9.17, 15) is 10.1 Å². The van der Waals surface area contributed by atoms with Gasteiger partial charge < -0.3 is 10.6 Å². The predicted octanol–water partition coefficient (Wildman–Crippen LogP) is 1.58. The molecule has 2 N–H and O–H groups in total. The summed E-state index contributed by atoms with van der Waals surface area (Å²) >= 11 is 0. The minimum absolute atomic E-state index is 0.0746. The maximum atomic E-state index is 10.8. The molecule has 122 valence electrons. The number of nitro groups is 1. The summed E-state index contributed by atoms with van der Waals surface area (Å²) in [5.74, 6) is 0.653. The van der Waals surface area contributed by atoms with E-state index in [4.69, 9.17) is 0 Å². The Hall–Kier alpha value is -2.90. The van der Waals surface area contributed by atoms with Crippen LogP contribution in [0.1, 0.15) is 18.2 Å². The number of rotatable bonds is 6. The lowest BCUT2D eigenvalue weighted by molar-refractivity contribution is -0.384. The van der Waals surface area contributed by atoms with Gasteiger partial charge in [-0.3, -0.25) is 14.8 Å². The maximum absolute atomic E-state index is 10.8. The van der Waals surface area contributed by atoms with E-state index in [1.807, 2.05) is 26.1 Å². The second-order valence-electron chi connectivity index (χ2n) is 4.92. The summed E-state index contributed by atoms with van der Waals surface area (Å²) in [6, 6.07) is 8.42. The molecule has 0 saturated carbocycles. The summed E-state index contributed by atoms with van der Waals surface area (Å²) in [4.78, 5) is 14.8. The Balaban J connectivity index is 2.02. The molecule has 1 heterocycles. The molecule has 0 bridgehead atoms. The van der Waals surface area contributed by atoms with E-state index in [1.165, 1.54) is 12.1 Å². The van der Waals surface area contributed by atoms with Crippen LogP contribution in [0.2, 0.25) is 0 Å². The van der Waals surface area contributed by atoms with Gasteiger partial charge in [0.05, 0.1) is 23.7 Å². The third-order valence-electron chi connectivity index (χ3n) is 3.24. The third kappa shape index (κ3) is 4.80. The topological polar surface area (TPSA) is 97.4 Å². The molecule has 0 aliphatic carbocycles. The van der Waals surface area contributed by atoms with Crippen molar-refractivity contribution in [1.29, 1.82) is 0 Å². The van der Waals surface area contributed by atoms with Crippen molar-refractivity contribution in [1.82, 2.24) is 20.4 Å². The highest BCUT2D eigenvalue weighted by Gasteiger charge is 2.06. The Morgan fingerprint density at radius 1 is 1.39 bits per heavy atom. The smallest absolute Gasteiger partial charge is 0.269 e. The summed E-state index contributed by atoms with van der Waals surface area (Å²) in [5, 5.41) is 21.3. The van der Waals surface area contributed by atoms with Crippen molar-refractivity contribution < 1.29 is 4.92 Å². The minimum atomic E-state index is -0.404. The standard InChI is InChI=1S/C15H20N6O2/c1-3-16-15(18-11-14-7-8-19-20(14)2)17-10-12-5-4-6-13(9-12)21(22)23/h4-9H,3,10-11H2,1-2H3,(H2,16,17,18). The van der Waals surface area contributed by atoms with Crippen molar-refractivity contribution in [2.24, 2.45) is 12.0 Å². The molecule has 0 unspecified atom stereocenters. The summed E-state index contributed by atoms with van der Waals surface area (Å²) in [5.41, 5.74) is 1.90. The predicted molar refractivity (Wildman–Crippen MR) is 88.0 cm³/mol. The molecule has 8 heteroatoms. The Morgan fingerprint density at radius 2 is 2.22 bits per heavy atom. The van der Waals surface area contributed by atoms with Gasteiger partial charge in [-0.05, 0) is 18.6 Å². The third-order valence-corrected chi connectivity index (χ3v) is 3.24. The zero-order valence-corrected chi connectivity index (χ0v) is 13.2. The molecule has 0 aliphatic rings. The van der Waals surface area contributed by atoms with Gasteiger partial charge in [0.1, 0.15) is 0 Å². The summed E-state index contributed by atoms with van der Waals surface area (Å²) in [7, 11) is 1.88. The molecule has 2 rings (SSSR count). The first kappa shape index (κ1) is 16.5. The van der Waals surface area contributed by atoms with Crippen molar-refractivity contribution in [2.45, 2.75) is 20.0 Å². The Bertz CT molecular complexity index is 695. The minimum Gasteiger partial charge on any atom is -0.357 e. The van der Waals surface area contributed by atoms with E-state index in [0.29, 0.717) is 19.0 Å². The van der Waals surface area contributed by atoms with Crippen LogP contribution in [0, 0.1) is 10.1 Å². The molecule has 1 aromatic carbocycles. The molecule has 8 nitrogen and oxygen atoms in total. The molecule has 0 radical (unpaired) electrons. The highest BCUT2D eigenvalue weighted by molar-refractivity contribution is 5.79. The lowest BCUT2D eigenvalue weighted by atomic mass is 10.2.